The van der Waals surface area contributed by atoms with Crippen molar-refractivity contribution in [2.75, 3.05) is 11.1 Å². The topological polar surface area (TPSA) is 37.8 Å². The van der Waals surface area contributed by atoms with Gasteiger partial charge >= 0.3 is 0 Å². The lowest BCUT2D eigenvalue weighted by Gasteiger charge is -2.21. The Hall–Kier alpha value is -0.770. The van der Waals surface area contributed by atoms with Gasteiger partial charge in [0.05, 0.1) is 0 Å². The van der Waals surface area contributed by atoms with Crippen LogP contribution in [0.2, 0.25) is 0 Å². The van der Waals surface area contributed by atoms with Crippen LogP contribution in [0.25, 0.3) is 0 Å². The number of hydrogen-bond acceptors (Lipinski definition) is 4. The van der Waals surface area contributed by atoms with Crippen molar-refractivity contribution >= 4 is 17.6 Å². The summed E-state index contributed by atoms with van der Waals surface area (Å²) >= 11 is 1.92. The number of anilines is 1. The molecular formula is C17H27N3S. The Labute approximate surface area is 132 Å². The lowest BCUT2D eigenvalue weighted by atomic mass is 10.1. The van der Waals surface area contributed by atoms with E-state index in [1.165, 1.54) is 67.7 Å². The molecule has 1 aliphatic carbocycles. The third-order valence-corrected chi connectivity index (χ3v) is 5.63. The first kappa shape index (κ1) is 15.1. The van der Waals surface area contributed by atoms with Crippen LogP contribution in [-0.2, 0) is 12.8 Å². The van der Waals surface area contributed by atoms with Crippen molar-refractivity contribution in [1.29, 1.82) is 0 Å². The molecule has 0 bridgehead atoms. The second kappa shape index (κ2) is 7.48. The Morgan fingerprint density at radius 3 is 2.81 bits per heavy atom. The van der Waals surface area contributed by atoms with Crippen molar-refractivity contribution in [3.8, 4) is 0 Å². The molecule has 21 heavy (non-hydrogen) atoms. The van der Waals surface area contributed by atoms with E-state index in [4.69, 9.17) is 9.97 Å². The van der Waals surface area contributed by atoms with Crippen LogP contribution in [-0.4, -0.2) is 21.8 Å². The van der Waals surface area contributed by atoms with E-state index in [2.05, 4.69) is 12.2 Å². The van der Waals surface area contributed by atoms with E-state index in [0.717, 1.165) is 24.5 Å². The van der Waals surface area contributed by atoms with E-state index in [9.17, 15) is 0 Å². The summed E-state index contributed by atoms with van der Waals surface area (Å²) < 4.78 is 0. The van der Waals surface area contributed by atoms with Crippen molar-refractivity contribution in [3.05, 3.63) is 11.4 Å². The molecular weight excluding hydrogens is 278 g/mol. The zero-order chi connectivity index (χ0) is 14.5. The number of rotatable bonds is 6. The number of aryl methyl sites for hydroxylation is 1. The molecule has 2 aliphatic rings. The highest BCUT2D eigenvalue weighted by Gasteiger charge is 2.22. The van der Waals surface area contributed by atoms with Crippen molar-refractivity contribution < 1.29 is 0 Å². The highest BCUT2D eigenvalue weighted by atomic mass is 32.2. The van der Waals surface area contributed by atoms with Gasteiger partial charge in [0.2, 0.25) is 0 Å². The predicted octanol–water partition coefficient (Wildman–Crippen LogP) is 4.60. The van der Waals surface area contributed by atoms with Crippen molar-refractivity contribution in [1.82, 2.24) is 9.97 Å². The maximum Gasteiger partial charge on any atom is 0.134 e. The summed E-state index contributed by atoms with van der Waals surface area (Å²) in [5.41, 5.74) is 1.39. The van der Waals surface area contributed by atoms with E-state index in [-0.39, 0.29) is 0 Å². The Morgan fingerprint density at radius 1 is 1.14 bits per heavy atom. The molecule has 0 unspecified atom stereocenters. The van der Waals surface area contributed by atoms with Gasteiger partial charge in [-0.2, -0.15) is 0 Å². The monoisotopic (exact) mass is 305 g/mol. The zero-order valence-electron chi connectivity index (χ0n) is 13.2. The largest absolute Gasteiger partial charge is 0.367 e. The minimum Gasteiger partial charge on any atom is -0.367 e. The van der Waals surface area contributed by atoms with Gasteiger partial charge in [-0.15, -0.1) is 11.8 Å². The van der Waals surface area contributed by atoms with Crippen LogP contribution < -0.4 is 5.32 Å². The van der Waals surface area contributed by atoms with Gasteiger partial charge in [0.15, 0.2) is 0 Å². The fourth-order valence-corrected chi connectivity index (χ4v) is 4.32. The lowest BCUT2D eigenvalue weighted by Crippen LogP contribution is -2.19. The SMILES string of the molecule is CCCCCc1nc(NC2CCCC2)c2c(n1)SCCC2. The molecule has 1 N–H and O–H groups in total. The summed E-state index contributed by atoms with van der Waals surface area (Å²) in [7, 11) is 0. The van der Waals surface area contributed by atoms with Gasteiger partial charge in [0.1, 0.15) is 16.7 Å². The molecule has 1 fully saturated rings. The Kier molecular flexibility index (Phi) is 5.39. The molecule has 3 rings (SSSR count). The smallest absolute Gasteiger partial charge is 0.134 e. The fourth-order valence-electron chi connectivity index (χ4n) is 3.30. The van der Waals surface area contributed by atoms with Crippen molar-refractivity contribution in [2.24, 2.45) is 0 Å². The second-order valence-corrected chi connectivity index (χ2v) is 7.39. The number of hydrogen-bond donors (Lipinski definition) is 1. The Bertz CT molecular complexity index is 469. The molecule has 0 spiro atoms. The van der Waals surface area contributed by atoms with Crippen molar-refractivity contribution in [3.63, 3.8) is 0 Å². The summed E-state index contributed by atoms with van der Waals surface area (Å²) in [4.78, 5) is 9.72. The lowest BCUT2D eigenvalue weighted by molar-refractivity contribution is 0.676. The summed E-state index contributed by atoms with van der Waals surface area (Å²) in [5, 5.41) is 4.99. The van der Waals surface area contributed by atoms with Gasteiger partial charge in [-0.05, 0) is 37.9 Å². The Balaban J connectivity index is 1.78. The van der Waals surface area contributed by atoms with Gasteiger partial charge in [-0.25, -0.2) is 9.97 Å². The maximum absolute atomic E-state index is 4.89. The number of thioether (sulfide) groups is 1. The van der Waals surface area contributed by atoms with E-state index >= 15 is 0 Å². The molecule has 2 heterocycles. The molecule has 3 nitrogen and oxygen atoms in total. The number of nitrogens with zero attached hydrogens (tertiary/aromatic N) is 2. The molecule has 0 saturated heterocycles. The predicted molar refractivity (Wildman–Crippen MR) is 90.2 cm³/mol. The fraction of sp³-hybridized carbons (Fsp3) is 0.765. The minimum atomic E-state index is 0.638. The van der Waals surface area contributed by atoms with Crippen LogP contribution >= 0.6 is 11.8 Å². The van der Waals surface area contributed by atoms with Crippen LogP contribution in [0.15, 0.2) is 5.03 Å². The van der Waals surface area contributed by atoms with E-state index < -0.39 is 0 Å². The maximum atomic E-state index is 4.89. The number of aromatic nitrogens is 2. The minimum absolute atomic E-state index is 0.638. The van der Waals surface area contributed by atoms with E-state index in [1.807, 2.05) is 11.8 Å². The van der Waals surface area contributed by atoms with Gasteiger partial charge in [-0.1, -0.05) is 32.6 Å². The third-order valence-electron chi connectivity index (χ3n) is 4.53. The molecule has 1 saturated carbocycles. The molecule has 116 valence electrons. The second-order valence-electron chi connectivity index (χ2n) is 6.31. The summed E-state index contributed by atoms with van der Waals surface area (Å²) in [6.45, 7) is 2.25. The Morgan fingerprint density at radius 2 is 2.00 bits per heavy atom. The average molecular weight is 305 g/mol. The van der Waals surface area contributed by atoms with Gasteiger partial charge in [0.25, 0.3) is 0 Å². The molecule has 0 radical (unpaired) electrons. The van der Waals surface area contributed by atoms with Gasteiger partial charge < -0.3 is 5.32 Å². The van der Waals surface area contributed by atoms with Gasteiger partial charge in [0, 0.05) is 18.0 Å². The quantitative estimate of drug-likeness (QED) is 0.615. The van der Waals surface area contributed by atoms with E-state index in [0.29, 0.717) is 6.04 Å². The first-order valence-electron chi connectivity index (χ1n) is 8.66. The van der Waals surface area contributed by atoms with Crippen LogP contribution in [0, 0.1) is 0 Å². The standard InChI is InChI=1S/C17H27N3S/c1-2-3-4-11-15-19-16(18-13-8-5-6-9-13)14-10-7-12-21-17(14)20-15/h13H,2-12H2,1H3,(H,18,19,20). The number of nitrogens with one attached hydrogen (secondary N) is 1. The molecule has 1 aromatic heterocycles. The summed E-state index contributed by atoms with van der Waals surface area (Å²) in [5.74, 6) is 3.42. The molecule has 0 amide bonds. The molecule has 1 aromatic rings. The first-order valence-corrected chi connectivity index (χ1v) is 9.64. The highest BCUT2D eigenvalue weighted by molar-refractivity contribution is 7.99. The summed E-state index contributed by atoms with van der Waals surface area (Å²) in [6.07, 6.45) is 12.5. The van der Waals surface area contributed by atoms with Crippen LogP contribution in [0.3, 0.4) is 0 Å². The normalized spacial score (nSPS) is 18.7. The van der Waals surface area contributed by atoms with E-state index in [1.54, 1.807) is 0 Å². The van der Waals surface area contributed by atoms with Crippen molar-refractivity contribution in [2.45, 2.75) is 82.2 Å². The number of fused-ring (bicyclic) bond motifs is 1. The third kappa shape index (κ3) is 3.91. The zero-order valence-corrected chi connectivity index (χ0v) is 14.0. The molecule has 0 atom stereocenters. The van der Waals surface area contributed by atoms with Crippen LogP contribution in [0.4, 0.5) is 5.82 Å². The highest BCUT2D eigenvalue weighted by Crippen LogP contribution is 2.34. The molecule has 1 aliphatic heterocycles. The van der Waals surface area contributed by atoms with Gasteiger partial charge in [-0.3, -0.25) is 0 Å². The van der Waals surface area contributed by atoms with Crippen LogP contribution in [0.5, 0.6) is 0 Å². The summed E-state index contributed by atoms with van der Waals surface area (Å²) in [6, 6.07) is 0.638. The molecule has 4 heteroatoms. The first-order chi connectivity index (χ1) is 10.4. The number of unbranched alkanes of at least 4 members (excludes halogenated alkanes) is 2. The van der Waals surface area contributed by atoms with Crippen LogP contribution in [0.1, 0.15) is 69.7 Å². The molecule has 0 aromatic carbocycles. The average Bonchev–Trinajstić information content (AvgIpc) is 3.01.